The SMILES string of the molecule is COc1ccc(S(=O)(=O)NC2CCc3[nH]c4cc(F)ccc4c3C2)cc1. The van der Waals surface area contributed by atoms with Gasteiger partial charge in [0.1, 0.15) is 11.6 Å². The minimum atomic E-state index is -3.61. The van der Waals surface area contributed by atoms with Crippen molar-refractivity contribution >= 4 is 20.9 Å². The molecular formula is C19H19FN2O3S. The van der Waals surface area contributed by atoms with Crippen LogP contribution in [0.1, 0.15) is 17.7 Å². The van der Waals surface area contributed by atoms with Crippen molar-refractivity contribution < 1.29 is 17.5 Å². The summed E-state index contributed by atoms with van der Waals surface area (Å²) >= 11 is 0. The van der Waals surface area contributed by atoms with Gasteiger partial charge >= 0.3 is 0 Å². The Bertz CT molecular complexity index is 1060. The Morgan fingerprint density at radius 3 is 2.69 bits per heavy atom. The van der Waals surface area contributed by atoms with Crippen molar-refractivity contribution in [2.75, 3.05) is 7.11 Å². The van der Waals surface area contributed by atoms with Crippen LogP contribution in [0.5, 0.6) is 5.75 Å². The van der Waals surface area contributed by atoms with E-state index >= 15 is 0 Å². The first-order valence-corrected chi connectivity index (χ1v) is 9.90. The van der Waals surface area contributed by atoms with Gasteiger partial charge in [-0.3, -0.25) is 0 Å². The molecule has 5 nitrogen and oxygen atoms in total. The molecule has 0 bridgehead atoms. The summed E-state index contributed by atoms with van der Waals surface area (Å²) in [5.41, 5.74) is 2.88. The number of aromatic amines is 1. The summed E-state index contributed by atoms with van der Waals surface area (Å²) in [6, 6.07) is 10.8. The zero-order valence-electron chi connectivity index (χ0n) is 14.3. The van der Waals surface area contributed by atoms with Gasteiger partial charge in [-0.05, 0) is 67.3 Å². The Balaban J connectivity index is 1.57. The molecule has 26 heavy (non-hydrogen) atoms. The first kappa shape index (κ1) is 17.1. The van der Waals surface area contributed by atoms with E-state index < -0.39 is 10.0 Å². The van der Waals surface area contributed by atoms with E-state index in [1.807, 2.05) is 0 Å². The average Bonchev–Trinajstić information content (AvgIpc) is 2.98. The highest BCUT2D eigenvalue weighted by Gasteiger charge is 2.26. The van der Waals surface area contributed by atoms with E-state index in [2.05, 4.69) is 9.71 Å². The quantitative estimate of drug-likeness (QED) is 0.737. The maximum absolute atomic E-state index is 13.4. The van der Waals surface area contributed by atoms with Gasteiger partial charge in [-0.2, -0.15) is 0 Å². The molecule has 136 valence electrons. The van der Waals surface area contributed by atoms with E-state index in [0.717, 1.165) is 28.6 Å². The Labute approximate surface area is 151 Å². The Hall–Kier alpha value is -2.38. The fraction of sp³-hybridized carbons (Fsp3) is 0.263. The van der Waals surface area contributed by atoms with Gasteiger partial charge in [-0.25, -0.2) is 17.5 Å². The molecule has 1 unspecified atom stereocenters. The second-order valence-electron chi connectivity index (χ2n) is 6.51. The Kier molecular flexibility index (Phi) is 4.20. The van der Waals surface area contributed by atoms with Gasteiger partial charge in [0.05, 0.1) is 12.0 Å². The average molecular weight is 374 g/mol. The zero-order valence-corrected chi connectivity index (χ0v) is 15.1. The number of aromatic nitrogens is 1. The van der Waals surface area contributed by atoms with Crippen LogP contribution in [0.25, 0.3) is 10.9 Å². The number of hydrogen-bond acceptors (Lipinski definition) is 3. The van der Waals surface area contributed by atoms with Crippen LogP contribution in [0, 0.1) is 5.82 Å². The third-order valence-electron chi connectivity index (χ3n) is 4.84. The van der Waals surface area contributed by atoms with Gasteiger partial charge in [0.2, 0.25) is 10.0 Å². The number of ether oxygens (including phenoxy) is 1. The van der Waals surface area contributed by atoms with Crippen molar-refractivity contribution in [2.45, 2.75) is 30.2 Å². The number of fused-ring (bicyclic) bond motifs is 3. The van der Waals surface area contributed by atoms with E-state index in [-0.39, 0.29) is 16.8 Å². The number of halogens is 1. The lowest BCUT2D eigenvalue weighted by Gasteiger charge is -2.23. The van der Waals surface area contributed by atoms with E-state index in [1.54, 1.807) is 18.2 Å². The number of aryl methyl sites for hydroxylation is 1. The third-order valence-corrected chi connectivity index (χ3v) is 6.38. The molecule has 2 aromatic carbocycles. The first-order valence-electron chi connectivity index (χ1n) is 8.41. The first-order chi connectivity index (χ1) is 12.5. The van der Waals surface area contributed by atoms with Crippen LogP contribution in [0.15, 0.2) is 47.4 Å². The summed E-state index contributed by atoms with van der Waals surface area (Å²) in [6.07, 6.45) is 2.00. The van der Waals surface area contributed by atoms with Crippen LogP contribution >= 0.6 is 0 Å². The molecule has 0 radical (unpaired) electrons. The Morgan fingerprint density at radius 2 is 1.96 bits per heavy atom. The molecule has 1 aliphatic rings. The topological polar surface area (TPSA) is 71.2 Å². The van der Waals surface area contributed by atoms with E-state index in [0.29, 0.717) is 18.6 Å². The molecule has 1 aliphatic carbocycles. The highest BCUT2D eigenvalue weighted by atomic mass is 32.2. The van der Waals surface area contributed by atoms with Crippen LogP contribution < -0.4 is 9.46 Å². The minimum Gasteiger partial charge on any atom is -0.497 e. The number of benzene rings is 2. The molecule has 1 heterocycles. The second kappa shape index (κ2) is 6.41. The van der Waals surface area contributed by atoms with Gasteiger partial charge in [-0.1, -0.05) is 0 Å². The highest BCUT2D eigenvalue weighted by molar-refractivity contribution is 7.89. The molecule has 0 amide bonds. The van der Waals surface area contributed by atoms with Crippen LogP contribution in [-0.4, -0.2) is 26.6 Å². The predicted molar refractivity (Wildman–Crippen MR) is 97.4 cm³/mol. The fourth-order valence-electron chi connectivity index (χ4n) is 3.54. The Morgan fingerprint density at radius 1 is 1.19 bits per heavy atom. The van der Waals surface area contributed by atoms with Gasteiger partial charge < -0.3 is 9.72 Å². The number of H-pyrrole nitrogens is 1. The van der Waals surface area contributed by atoms with Crippen molar-refractivity contribution in [2.24, 2.45) is 0 Å². The van der Waals surface area contributed by atoms with Gasteiger partial charge in [-0.15, -0.1) is 0 Å². The van der Waals surface area contributed by atoms with E-state index in [4.69, 9.17) is 4.74 Å². The lowest BCUT2D eigenvalue weighted by Crippen LogP contribution is -2.38. The van der Waals surface area contributed by atoms with Gasteiger partial charge in [0.15, 0.2) is 0 Å². The molecule has 1 atom stereocenters. The molecule has 0 fully saturated rings. The van der Waals surface area contributed by atoms with E-state index in [9.17, 15) is 12.8 Å². The summed E-state index contributed by atoms with van der Waals surface area (Å²) in [5, 5.41) is 0.953. The molecule has 1 aromatic heterocycles. The van der Waals surface area contributed by atoms with Crippen LogP contribution in [0.4, 0.5) is 4.39 Å². The van der Waals surface area contributed by atoms with Crippen molar-refractivity contribution in [3.05, 3.63) is 59.5 Å². The summed E-state index contributed by atoms with van der Waals surface area (Å²) in [6.45, 7) is 0. The third kappa shape index (κ3) is 3.08. The maximum atomic E-state index is 13.4. The predicted octanol–water partition coefficient (Wildman–Crippen LogP) is 3.15. The largest absolute Gasteiger partial charge is 0.497 e. The van der Waals surface area contributed by atoms with Gasteiger partial charge in [0, 0.05) is 22.6 Å². The lowest BCUT2D eigenvalue weighted by molar-refractivity contribution is 0.414. The van der Waals surface area contributed by atoms with Crippen LogP contribution in [0.3, 0.4) is 0 Å². The number of rotatable bonds is 4. The summed E-state index contributed by atoms with van der Waals surface area (Å²) in [7, 11) is -2.07. The summed E-state index contributed by atoms with van der Waals surface area (Å²) in [4.78, 5) is 3.47. The summed E-state index contributed by atoms with van der Waals surface area (Å²) < 4.78 is 46.6. The molecule has 0 spiro atoms. The standard InChI is InChI=1S/C19H19FN2O3S/c1-25-14-4-6-15(7-5-14)26(23,24)22-13-3-9-18-17(11-13)16-8-2-12(20)10-19(16)21-18/h2,4-8,10,13,21-22H,3,9,11H2,1H3. The second-order valence-corrected chi connectivity index (χ2v) is 8.22. The minimum absolute atomic E-state index is 0.196. The van der Waals surface area contributed by atoms with E-state index in [1.165, 1.54) is 31.4 Å². The van der Waals surface area contributed by atoms with Crippen molar-refractivity contribution in [1.29, 1.82) is 0 Å². The van der Waals surface area contributed by atoms with Gasteiger partial charge in [0.25, 0.3) is 0 Å². The smallest absolute Gasteiger partial charge is 0.240 e. The highest BCUT2D eigenvalue weighted by Crippen LogP contribution is 2.30. The molecule has 4 rings (SSSR count). The van der Waals surface area contributed by atoms with Crippen LogP contribution in [-0.2, 0) is 22.9 Å². The molecule has 0 saturated heterocycles. The van der Waals surface area contributed by atoms with Crippen molar-refractivity contribution in [3.8, 4) is 5.75 Å². The zero-order chi connectivity index (χ0) is 18.3. The number of methoxy groups -OCH3 is 1. The summed E-state index contributed by atoms with van der Waals surface area (Å²) in [5.74, 6) is 0.324. The molecule has 3 aromatic rings. The monoisotopic (exact) mass is 374 g/mol. The normalized spacial score (nSPS) is 17.2. The van der Waals surface area contributed by atoms with Crippen molar-refractivity contribution in [3.63, 3.8) is 0 Å². The molecular weight excluding hydrogens is 355 g/mol. The fourth-order valence-corrected chi connectivity index (χ4v) is 4.81. The molecule has 2 N–H and O–H groups in total. The number of sulfonamides is 1. The van der Waals surface area contributed by atoms with Crippen LogP contribution in [0.2, 0.25) is 0 Å². The number of nitrogens with one attached hydrogen (secondary N) is 2. The lowest BCUT2D eigenvalue weighted by atomic mass is 9.92. The molecule has 0 aliphatic heterocycles. The maximum Gasteiger partial charge on any atom is 0.240 e. The van der Waals surface area contributed by atoms with Crippen molar-refractivity contribution in [1.82, 2.24) is 9.71 Å². The number of hydrogen-bond donors (Lipinski definition) is 2. The molecule has 0 saturated carbocycles. The molecule has 7 heteroatoms.